The first-order valence-electron chi connectivity index (χ1n) is 4.46. The molecular formula is C10H9BrFN3O. The molecule has 0 aliphatic heterocycles. The molecule has 4 nitrogen and oxygen atoms in total. The molecule has 0 spiro atoms. The SMILES string of the molecule is COc1cc(F)c(Br)cc1-c1cc(N)n[nH]1. The number of nitrogens with two attached hydrogens (primary N) is 1. The van der Waals surface area contributed by atoms with Gasteiger partial charge in [-0.15, -0.1) is 0 Å². The Hall–Kier alpha value is -1.56. The first-order valence-corrected chi connectivity index (χ1v) is 5.25. The third-order valence-electron chi connectivity index (χ3n) is 2.13. The predicted octanol–water partition coefficient (Wildman–Crippen LogP) is 2.57. The lowest BCUT2D eigenvalue weighted by molar-refractivity contribution is 0.412. The number of nitrogen functional groups attached to an aromatic ring is 1. The van der Waals surface area contributed by atoms with E-state index in [2.05, 4.69) is 26.1 Å². The van der Waals surface area contributed by atoms with Gasteiger partial charge >= 0.3 is 0 Å². The molecule has 1 heterocycles. The van der Waals surface area contributed by atoms with Gasteiger partial charge in [0.25, 0.3) is 0 Å². The Morgan fingerprint density at radius 1 is 1.44 bits per heavy atom. The van der Waals surface area contributed by atoms with Crippen LogP contribution in [0.4, 0.5) is 10.2 Å². The largest absolute Gasteiger partial charge is 0.496 e. The molecule has 1 aromatic heterocycles. The van der Waals surface area contributed by atoms with Crippen molar-refractivity contribution in [1.29, 1.82) is 0 Å². The Balaban J connectivity index is 2.59. The fourth-order valence-electron chi connectivity index (χ4n) is 1.38. The number of methoxy groups -OCH3 is 1. The van der Waals surface area contributed by atoms with Crippen LogP contribution in [0, 0.1) is 5.82 Å². The summed E-state index contributed by atoms with van der Waals surface area (Å²) < 4.78 is 18.7. The van der Waals surface area contributed by atoms with Crippen molar-refractivity contribution in [2.45, 2.75) is 0 Å². The minimum absolute atomic E-state index is 0.358. The highest BCUT2D eigenvalue weighted by molar-refractivity contribution is 9.10. The summed E-state index contributed by atoms with van der Waals surface area (Å²) in [6, 6.07) is 4.57. The molecule has 0 saturated carbocycles. The van der Waals surface area contributed by atoms with E-state index in [9.17, 15) is 4.39 Å². The summed E-state index contributed by atoms with van der Waals surface area (Å²) in [5, 5.41) is 6.55. The van der Waals surface area contributed by atoms with Gasteiger partial charge in [0.15, 0.2) is 0 Å². The molecule has 0 amide bonds. The van der Waals surface area contributed by atoms with E-state index < -0.39 is 0 Å². The number of nitrogens with zero attached hydrogens (tertiary/aromatic N) is 1. The maximum Gasteiger partial charge on any atom is 0.145 e. The van der Waals surface area contributed by atoms with E-state index in [4.69, 9.17) is 10.5 Å². The van der Waals surface area contributed by atoms with Crippen molar-refractivity contribution in [3.05, 3.63) is 28.5 Å². The molecule has 0 radical (unpaired) electrons. The van der Waals surface area contributed by atoms with Crippen LogP contribution < -0.4 is 10.5 Å². The van der Waals surface area contributed by atoms with Gasteiger partial charge in [-0.1, -0.05) is 0 Å². The van der Waals surface area contributed by atoms with Crippen LogP contribution >= 0.6 is 15.9 Å². The second-order valence-corrected chi connectivity index (χ2v) is 4.03. The van der Waals surface area contributed by atoms with Gasteiger partial charge in [-0.3, -0.25) is 5.10 Å². The third kappa shape index (κ3) is 1.88. The minimum Gasteiger partial charge on any atom is -0.496 e. The maximum absolute atomic E-state index is 13.3. The number of aromatic nitrogens is 2. The van der Waals surface area contributed by atoms with Crippen molar-refractivity contribution in [2.24, 2.45) is 0 Å². The molecule has 0 aliphatic rings. The first kappa shape index (κ1) is 10.9. The number of nitrogens with one attached hydrogen (secondary N) is 1. The summed E-state index contributed by atoms with van der Waals surface area (Å²) in [4.78, 5) is 0. The smallest absolute Gasteiger partial charge is 0.145 e. The normalized spacial score (nSPS) is 10.4. The fraction of sp³-hybridized carbons (Fsp3) is 0.100. The number of rotatable bonds is 2. The number of halogens is 2. The summed E-state index contributed by atoms with van der Waals surface area (Å²) in [5.74, 6) is 0.412. The quantitative estimate of drug-likeness (QED) is 0.891. The average Bonchev–Trinajstić information content (AvgIpc) is 2.68. The average molecular weight is 286 g/mol. The first-order chi connectivity index (χ1) is 7.61. The monoisotopic (exact) mass is 285 g/mol. The lowest BCUT2D eigenvalue weighted by atomic mass is 10.1. The van der Waals surface area contributed by atoms with Gasteiger partial charge in [-0.25, -0.2) is 4.39 Å². The number of H-pyrrole nitrogens is 1. The van der Waals surface area contributed by atoms with Crippen LogP contribution in [-0.2, 0) is 0 Å². The van der Waals surface area contributed by atoms with Gasteiger partial charge in [-0.2, -0.15) is 5.10 Å². The molecule has 0 bridgehead atoms. The zero-order valence-electron chi connectivity index (χ0n) is 8.42. The van der Waals surface area contributed by atoms with E-state index in [0.717, 1.165) is 0 Å². The lowest BCUT2D eigenvalue weighted by Crippen LogP contribution is -1.91. The van der Waals surface area contributed by atoms with Crippen molar-refractivity contribution in [2.75, 3.05) is 12.8 Å². The zero-order chi connectivity index (χ0) is 11.7. The van der Waals surface area contributed by atoms with Crippen LogP contribution in [-0.4, -0.2) is 17.3 Å². The standard InChI is InChI=1S/C10H9BrFN3O/c1-16-9-3-7(12)6(11)2-5(9)8-4-10(13)15-14-8/h2-4H,1H3,(H3,13,14,15). The summed E-state index contributed by atoms with van der Waals surface area (Å²) in [5.41, 5.74) is 6.88. The topological polar surface area (TPSA) is 63.9 Å². The molecule has 84 valence electrons. The minimum atomic E-state index is -0.381. The number of aromatic amines is 1. The molecule has 2 aromatic rings. The fourth-order valence-corrected chi connectivity index (χ4v) is 1.73. The Bertz CT molecular complexity index is 527. The molecule has 1 aromatic carbocycles. The zero-order valence-corrected chi connectivity index (χ0v) is 10.0. The molecule has 0 saturated heterocycles. The van der Waals surface area contributed by atoms with Crippen molar-refractivity contribution in [3.63, 3.8) is 0 Å². The van der Waals surface area contributed by atoms with Gasteiger partial charge in [0, 0.05) is 17.7 Å². The molecule has 2 rings (SSSR count). The Morgan fingerprint density at radius 2 is 2.19 bits per heavy atom. The van der Waals surface area contributed by atoms with Gasteiger partial charge < -0.3 is 10.5 Å². The van der Waals surface area contributed by atoms with E-state index in [1.54, 1.807) is 12.1 Å². The lowest BCUT2D eigenvalue weighted by Gasteiger charge is -2.07. The molecule has 6 heteroatoms. The molecule has 0 unspecified atom stereocenters. The maximum atomic E-state index is 13.3. The second-order valence-electron chi connectivity index (χ2n) is 3.17. The Morgan fingerprint density at radius 3 is 2.75 bits per heavy atom. The highest BCUT2D eigenvalue weighted by Gasteiger charge is 2.12. The number of hydrogen-bond donors (Lipinski definition) is 2. The van der Waals surface area contributed by atoms with Crippen LogP contribution in [0.1, 0.15) is 0 Å². The van der Waals surface area contributed by atoms with Crippen LogP contribution in [0.25, 0.3) is 11.3 Å². The van der Waals surface area contributed by atoms with Gasteiger partial charge in [-0.05, 0) is 22.0 Å². The van der Waals surface area contributed by atoms with E-state index in [1.807, 2.05) is 0 Å². The second kappa shape index (κ2) is 4.13. The van der Waals surface area contributed by atoms with Crippen molar-refractivity contribution < 1.29 is 9.13 Å². The number of hydrogen-bond acceptors (Lipinski definition) is 3. The number of benzene rings is 1. The van der Waals surface area contributed by atoms with Crippen LogP contribution in [0.3, 0.4) is 0 Å². The summed E-state index contributed by atoms with van der Waals surface area (Å²) in [7, 11) is 1.48. The Labute approximate surface area is 99.7 Å². The molecule has 3 N–H and O–H groups in total. The van der Waals surface area contributed by atoms with Crippen LogP contribution in [0.5, 0.6) is 5.75 Å². The van der Waals surface area contributed by atoms with Crippen molar-refractivity contribution in [3.8, 4) is 17.0 Å². The molecule has 16 heavy (non-hydrogen) atoms. The van der Waals surface area contributed by atoms with Crippen LogP contribution in [0.15, 0.2) is 22.7 Å². The number of ether oxygens (including phenoxy) is 1. The molecule has 0 atom stereocenters. The molecular weight excluding hydrogens is 277 g/mol. The predicted molar refractivity (Wildman–Crippen MR) is 62.6 cm³/mol. The highest BCUT2D eigenvalue weighted by Crippen LogP contribution is 2.33. The van der Waals surface area contributed by atoms with Gasteiger partial charge in [0.05, 0.1) is 17.3 Å². The summed E-state index contributed by atoms with van der Waals surface area (Å²) >= 11 is 3.12. The van der Waals surface area contributed by atoms with Crippen molar-refractivity contribution >= 4 is 21.7 Å². The van der Waals surface area contributed by atoms with E-state index in [1.165, 1.54) is 13.2 Å². The van der Waals surface area contributed by atoms with Gasteiger partial charge in [0.1, 0.15) is 17.4 Å². The van der Waals surface area contributed by atoms with Gasteiger partial charge in [0.2, 0.25) is 0 Å². The Kier molecular flexibility index (Phi) is 2.82. The molecule has 0 fully saturated rings. The number of anilines is 1. The van der Waals surface area contributed by atoms with Crippen molar-refractivity contribution in [1.82, 2.24) is 10.2 Å². The van der Waals surface area contributed by atoms with Crippen LogP contribution in [0.2, 0.25) is 0 Å². The highest BCUT2D eigenvalue weighted by atomic mass is 79.9. The molecule has 0 aliphatic carbocycles. The third-order valence-corrected chi connectivity index (χ3v) is 2.74. The summed E-state index contributed by atoms with van der Waals surface area (Å²) in [6.07, 6.45) is 0. The summed E-state index contributed by atoms with van der Waals surface area (Å²) in [6.45, 7) is 0. The van der Waals surface area contributed by atoms with E-state index in [-0.39, 0.29) is 5.82 Å². The van der Waals surface area contributed by atoms with E-state index >= 15 is 0 Å². The van der Waals surface area contributed by atoms with E-state index in [0.29, 0.717) is 27.3 Å².